The predicted octanol–water partition coefficient (Wildman–Crippen LogP) is 3.41. The lowest BCUT2D eigenvalue weighted by atomic mass is 9.95. The summed E-state index contributed by atoms with van der Waals surface area (Å²) in [5, 5.41) is 13.9. The molecule has 0 aliphatic carbocycles. The molecule has 0 saturated carbocycles. The molecule has 1 aliphatic rings. The Labute approximate surface area is 154 Å². The first-order valence-corrected chi connectivity index (χ1v) is 8.65. The molecule has 3 rings (SSSR count). The molecular weight excluding hydrogens is 356 g/mol. The van der Waals surface area contributed by atoms with Crippen LogP contribution in [0.3, 0.4) is 0 Å². The Kier molecular flexibility index (Phi) is 5.63. The van der Waals surface area contributed by atoms with Crippen molar-refractivity contribution in [3.63, 3.8) is 0 Å². The predicted molar refractivity (Wildman–Crippen MR) is 96.2 cm³/mol. The maximum atomic E-state index is 13.2. The Balaban J connectivity index is 1.56. The van der Waals surface area contributed by atoms with E-state index < -0.39 is 16.6 Å². The van der Waals surface area contributed by atoms with Crippen molar-refractivity contribution >= 4 is 17.3 Å². The number of hydrogen-bond acceptors (Lipinski definition) is 4. The normalized spacial score (nSPS) is 14.8. The molecule has 0 aromatic heterocycles. The minimum absolute atomic E-state index is 0.0496. The third-order valence-corrected chi connectivity index (χ3v) is 4.67. The molecule has 0 spiro atoms. The molecule has 0 atom stereocenters. The van der Waals surface area contributed by atoms with Crippen LogP contribution < -0.4 is 10.2 Å². The van der Waals surface area contributed by atoms with Gasteiger partial charge in [0.25, 0.3) is 5.69 Å². The summed E-state index contributed by atoms with van der Waals surface area (Å²) in [6.45, 7) is 1.10. The molecule has 2 aromatic carbocycles. The van der Waals surface area contributed by atoms with E-state index in [1.54, 1.807) is 18.2 Å². The van der Waals surface area contributed by atoms with Gasteiger partial charge in [0.15, 0.2) is 0 Å². The van der Waals surface area contributed by atoms with Crippen molar-refractivity contribution in [2.75, 3.05) is 18.0 Å². The fourth-order valence-corrected chi connectivity index (χ4v) is 3.32. The highest BCUT2D eigenvalue weighted by Gasteiger charge is 2.27. The van der Waals surface area contributed by atoms with Gasteiger partial charge in [-0.3, -0.25) is 14.9 Å². The first kappa shape index (κ1) is 18.8. The highest BCUT2D eigenvalue weighted by atomic mass is 19.1. The summed E-state index contributed by atoms with van der Waals surface area (Å²) < 4.78 is 26.4. The van der Waals surface area contributed by atoms with Crippen molar-refractivity contribution in [3.05, 3.63) is 69.8 Å². The SMILES string of the molecule is O=C(NCc1cc(F)cc(F)c1)C1CCN(c2ccccc2[N+](=O)[O-])CC1. The van der Waals surface area contributed by atoms with E-state index in [1.165, 1.54) is 18.2 Å². The average molecular weight is 375 g/mol. The lowest BCUT2D eigenvalue weighted by Gasteiger charge is -2.32. The minimum atomic E-state index is -0.683. The molecule has 0 bridgehead atoms. The summed E-state index contributed by atoms with van der Waals surface area (Å²) >= 11 is 0. The molecule has 1 saturated heterocycles. The number of carbonyl (C=O) groups excluding carboxylic acids is 1. The molecular formula is C19H19F2N3O3. The lowest BCUT2D eigenvalue weighted by Crippen LogP contribution is -2.40. The van der Waals surface area contributed by atoms with Gasteiger partial charge >= 0.3 is 0 Å². The van der Waals surface area contributed by atoms with Crippen LogP contribution in [-0.2, 0) is 11.3 Å². The molecule has 142 valence electrons. The van der Waals surface area contributed by atoms with Crippen LogP contribution in [-0.4, -0.2) is 23.9 Å². The van der Waals surface area contributed by atoms with Crippen molar-refractivity contribution in [2.24, 2.45) is 5.92 Å². The fraction of sp³-hybridized carbons (Fsp3) is 0.316. The summed E-state index contributed by atoms with van der Waals surface area (Å²) in [7, 11) is 0. The van der Waals surface area contributed by atoms with Gasteiger partial charge in [-0.05, 0) is 36.6 Å². The average Bonchev–Trinajstić information content (AvgIpc) is 2.65. The van der Waals surface area contributed by atoms with E-state index in [-0.39, 0.29) is 24.1 Å². The van der Waals surface area contributed by atoms with E-state index in [2.05, 4.69) is 5.32 Å². The maximum absolute atomic E-state index is 13.2. The van der Waals surface area contributed by atoms with Crippen molar-refractivity contribution in [2.45, 2.75) is 19.4 Å². The van der Waals surface area contributed by atoms with Gasteiger partial charge in [-0.2, -0.15) is 0 Å². The molecule has 27 heavy (non-hydrogen) atoms. The molecule has 1 fully saturated rings. The number of nitrogens with one attached hydrogen (secondary N) is 1. The number of rotatable bonds is 5. The Morgan fingerprint density at radius 3 is 2.41 bits per heavy atom. The van der Waals surface area contributed by atoms with E-state index in [4.69, 9.17) is 0 Å². The van der Waals surface area contributed by atoms with Crippen LogP contribution in [0, 0.1) is 27.7 Å². The third kappa shape index (κ3) is 4.58. The van der Waals surface area contributed by atoms with Crippen molar-refractivity contribution in [3.8, 4) is 0 Å². The number of nitrogens with zero attached hydrogens (tertiary/aromatic N) is 2. The first-order chi connectivity index (χ1) is 12.9. The maximum Gasteiger partial charge on any atom is 0.292 e. The Hall–Kier alpha value is -3.03. The number of nitro benzene ring substituents is 1. The number of halogens is 2. The Morgan fingerprint density at radius 2 is 1.78 bits per heavy atom. The quantitative estimate of drug-likeness (QED) is 0.642. The summed E-state index contributed by atoms with van der Waals surface area (Å²) in [6.07, 6.45) is 1.10. The van der Waals surface area contributed by atoms with Crippen molar-refractivity contribution in [1.82, 2.24) is 5.32 Å². The van der Waals surface area contributed by atoms with Crippen molar-refractivity contribution in [1.29, 1.82) is 0 Å². The number of amides is 1. The molecule has 0 unspecified atom stereocenters. The number of benzene rings is 2. The molecule has 0 radical (unpaired) electrons. The molecule has 1 N–H and O–H groups in total. The van der Waals surface area contributed by atoms with E-state index in [9.17, 15) is 23.7 Å². The van der Waals surface area contributed by atoms with Gasteiger partial charge in [-0.25, -0.2) is 8.78 Å². The lowest BCUT2D eigenvalue weighted by molar-refractivity contribution is -0.384. The van der Waals surface area contributed by atoms with Gasteiger partial charge in [0.05, 0.1) is 4.92 Å². The molecule has 1 heterocycles. The molecule has 1 aliphatic heterocycles. The summed E-state index contributed by atoms with van der Waals surface area (Å²) in [4.78, 5) is 25.0. The number of hydrogen-bond donors (Lipinski definition) is 1. The fourth-order valence-electron chi connectivity index (χ4n) is 3.32. The minimum Gasteiger partial charge on any atom is -0.366 e. The van der Waals surface area contributed by atoms with E-state index in [1.807, 2.05) is 4.90 Å². The summed E-state index contributed by atoms with van der Waals surface area (Å²) in [6, 6.07) is 9.68. The van der Waals surface area contributed by atoms with Gasteiger partial charge in [-0.1, -0.05) is 12.1 Å². The van der Waals surface area contributed by atoms with E-state index in [0.29, 0.717) is 37.2 Å². The number of carbonyl (C=O) groups is 1. The van der Waals surface area contributed by atoms with Crippen LogP contribution in [0.25, 0.3) is 0 Å². The zero-order valence-corrected chi connectivity index (χ0v) is 14.5. The van der Waals surface area contributed by atoms with E-state index in [0.717, 1.165) is 6.07 Å². The zero-order chi connectivity index (χ0) is 19.4. The monoisotopic (exact) mass is 375 g/mol. The number of nitro groups is 1. The Morgan fingerprint density at radius 1 is 1.15 bits per heavy atom. The van der Waals surface area contributed by atoms with Crippen molar-refractivity contribution < 1.29 is 18.5 Å². The second-order valence-corrected chi connectivity index (χ2v) is 6.50. The summed E-state index contributed by atoms with van der Waals surface area (Å²) in [5.74, 6) is -1.78. The Bertz CT molecular complexity index is 832. The zero-order valence-electron chi connectivity index (χ0n) is 14.5. The smallest absolute Gasteiger partial charge is 0.292 e. The largest absolute Gasteiger partial charge is 0.366 e. The van der Waals surface area contributed by atoms with Gasteiger partial charge < -0.3 is 10.2 Å². The van der Waals surface area contributed by atoms with Gasteiger partial charge in [-0.15, -0.1) is 0 Å². The summed E-state index contributed by atoms with van der Waals surface area (Å²) in [5.41, 5.74) is 0.961. The topological polar surface area (TPSA) is 75.5 Å². The highest BCUT2D eigenvalue weighted by molar-refractivity contribution is 5.79. The van der Waals surface area contributed by atoms with Crippen LogP contribution in [0.15, 0.2) is 42.5 Å². The number of anilines is 1. The van der Waals surface area contributed by atoms with E-state index >= 15 is 0 Å². The molecule has 8 heteroatoms. The molecule has 1 amide bonds. The second-order valence-electron chi connectivity index (χ2n) is 6.50. The third-order valence-electron chi connectivity index (χ3n) is 4.67. The van der Waals surface area contributed by atoms with Crippen LogP contribution >= 0.6 is 0 Å². The highest BCUT2D eigenvalue weighted by Crippen LogP contribution is 2.31. The number of para-hydroxylation sites is 2. The van der Waals surface area contributed by atoms with Crippen LogP contribution in [0.2, 0.25) is 0 Å². The standard InChI is InChI=1S/C19H19F2N3O3/c20-15-9-13(10-16(21)11-15)12-22-19(25)14-5-7-23(8-6-14)17-3-1-2-4-18(17)24(26)27/h1-4,9-11,14H,5-8,12H2,(H,22,25). The molecule has 2 aromatic rings. The van der Waals surface area contributed by atoms with Crippen LogP contribution in [0.4, 0.5) is 20.2 Å². The van der Waals surface area contributed by atoms with Gasteiger partial charge in [0, 0.05) is 37.7 Å². The molecule has 6 nitrogen and oxygen atoms in total. The first-order valence-electron chi connectivity index (χ1n) is 8.65. The number of piperidine rings is 1. The second kappa shape index (κ2) is 8.11. The van der Waals surface area contributed by atoms with Gasteiger partial charge in [0.2, 0.25) is 5.91 Å². The van der Waals surface area contributed by atoms with Crippen LogP contribution in [0.5, 0.6) is 0 Å². The van der Waals surface area contributed by atoms with Crippen LogP contribution in [0.1, 0.15) is 18.4 Å². The van der Waals surface area contributed by atoms with Gasteiger partial charge in [0.1, 0.15) is 17.3 Å².